The average Bonchev–Trinajstić information content (AvgIpc) is 2.14. The molecular formula is C13H18O2. The van der Waals surface area contributed by atoms with Crippen LogP contribution in [0.5, 0.6) is 0 Å². The van der Waals surface area contributed by atoms with E-state index in [1.807, 2.05) is 0 Å². The number of carbonyl (C=O) groups is 1. The van der Waals surface area contributed by atoms with Gasteiger partial charge in [-0.1, -0.05) is 19.1 Å². The zero-order valence-corrected chi connectivity index (χ0v) is 9.89. The lowest BCUT2D eigenvalue weighted by Crippen LogP contribution is -2.01. The van der Waals surface area contributed by atoms with Crippen LogP contribution in [0, 0.1) is 13.8 Å². The Labute approximate surface area is 91.3 Å². The molecule has 0 saturated heterocycles. The Morgan fingerprint density at radius 2 is 1.80 bits per heavy atom. The van der Waals surface area contributed by atoms with Gasteiger partial charge in [0, 0.05) is 6.92 Å². The summed E-state index contributed by atoms with van der Waals surface area (Å²) in [5.74, 6) is -0.232. The van der Waals surface area contributed by atoms with Crippen molar-refractivity contribution in [3.05, 3.63) is 34.4 Å². The smallest absolute Gasteiger partial charge is 0.302 e. The summed E-state index contributed by atoms with van der Waals surface area (Å²) < 4.78 is 4.97. The molecule has 2 heteroatoms. The molecule has 0 N–H and O–H groups in total. The number of carbonyl (C=O) groups excluding carboxylic acids is 1. The van der Waals surface area contributed by atoms with Crippen molar-refractivity contribution < 1.29 is 9.53 Å². The maximum absolute atomic E-state index is 10.7. The average molecular weight is 206 g/mol. The van der Waals surface area contributed by atoms with Gasteiger partial charge in [-0.25, -0.2) is 0 Å². The Kier molecular flexibility index (Phi) is 3.89. The van der Waals surface area contributed by atoms with Gasteiger partial charge >= 0.3 is 5.97 Å². The highest BCUT2D eigenvalue weighted by Crippen LogP contribution is 2.17. The molecule has 82 valence electrons. The van der Waals surface area contributed by atoms with E-state index in [9.17, 15) is 4.79 Å². The second-order valence-electron chi connectivity index (χ2n) is 3.84. The molecule has 0 amide bonds. The number of benzene rings is 1. The number of ether oxygens (including phenoxy) is 1. The van der Waals surface area contributed by atoms with Crippen LogP contribution in [-0.2, 0) is 22.6 Å². The summed E-state index contributed by atoms with van der Waals surface area (Å²) in [6.07, 6.45) is 1.05. The second kappa shape index (κ2) is 4.96. The third kappa shape index (κ3) is 3.08. The standard InChI is InChI=1S/C13H18O2/c1-5-13-9(2)6-12(7-10(13)3)8-15-11(4)14/h6-7H,5,8H2,1-4H3. The normalized spacial score (nSPS) is 10.1. The van der Waals surface area contributed by atoms with Gasteiger partial charge < -0.3 is 4.74 Å². The summed E-state index contributed by atoms with van der Waals surface area (Å²) >= 11 is 0. The van der Waals surface area contributed by atoms with Crippen molar-refractivity contribution in [3.63, 3.8) is 0 Å². The lowest BCUT2D eigenvalue weighted by molar-refractivity contribution is -0.142. The van der Waals surface area contributed by atoms with Crippen LogP contribution < -0.4 is 0 Å². The predicted molar refractivity (Wildman–Crippen MR) is 60.8 cm³/mol. The lowest BCUT2D eigenvalue weighted by atomic mass is 9.98. The van der Waals surface area contributed by atoms with Crippen LogP contribution in [0.25, 0.3) is 0 Å². The molecule has 0 atom stereocenters. The highest BCUT2D eigenvalue weighted by Gasteiger charge is 2.04. The fraction of sp³-hybridized carbons (Fsp3) is 0.462. The largest absolute Gasteiger partial charge is 0.461 e. The summed E-state index contributed by atoms with van der Waals surface area (Å²) in [7, 11) is 0. The van der Waals surface area contributed by atoms with Gasteiger partial charge in [0.2, 0.25) is 0 Å². The fourth-order valence-corrected chi connectivity index (χ4v) is 1.91. The van der Waals surface area contributed by atoms with Crippen molar-refractivity contribution in [1.29, 1.82) is 0 Å². The maximum Gasteiger partial charge on any atom is 0.302 e. The first-order chi connectivity index (χ1) is 7.04. The molecule has 15 heavy (non-hydrogen) atoms. The van der Waals surface area contributed by atoms with E-state index in [0.717, 1.165) is 12.0 Å². The number of aryl methyl sites for hydroxylation is 2. The maximum atomic E-state index is 10.7. The van der Waals surface area contributed by atoms with Gasteiger partial charge in [-0.15, -0.1) is 0 Å². The van der Waals surface area contributed by atoms with E-state index < -0.39 is 0 Å². The van der Waals surface area contributed by atoms with E-state index in [4.69, 9.17) is 4.74 Å². The lowest BCUT2D eigenvalue weighted by Gasteiger charge is -2.10. The molecule has 0 heterocycles. The Morgan fingerprint density at radius 3 is 2.20 bits per heavy atom. The molecule has 0 radical (unpaired) electrons. The van der Waals surface area contributed by atoms with Gasteiger partial charge in [-0.05, 0) is 42.5 Å². The third-order valence-electron chi connectivity index (χ3n) is 2.55. The van der Waals surface area contributed by atoms with Crippen molar-refractivity contribution in [1.82, 2.24) is 0 Å². The summed E-state index contributed by atoms with van der Waals surface area (Å²) in [4.78, 5) is 10.7. The van der Waals surface area contributed by atoms with E-state index in [2.05, 4.69) is 32.9 Å². The van der Waals surface area contributed by atoms with Gasteiger partial charge in [0.15, 0.2) is 0 Å². The number of esters is 1. The molecule has 0 spiro atoms. The van der Waals surface area contributed by atoms with Crippen molar-refractivity contribution in [2.45, 2.75) is 40.7 Å². The first-order valence-corrected chi connectivity index (χ1v) is 5.27. The van der Waals surface area contributed by atoms with Crippen LogP contribution in [0.1, 0.15) is 36.1 Å². The predicted octanol–water partition coefficient (Wildman–Crippen LogP) is 2.93. The quantitative estimate of drug-likeness (QED) is 0.711. The van der Waals surface area contributed by atoms with Crippen LogP contribution in [0.2, 0.25) is 0 Å². The molecule has 0 aliphatic heterocycles. The number of hydrogen-bond acceptors (Lipinski definition) is 2. The monoisotopic (exact) mass is 206 g/mol. The minimum Gasteiger partial charge on any atom is -0.461 e. The zero-order valence-electron chi connectivity index (χ0n) is 9.89. The Hall–Kier alpha value is -1.31. The molecule has 1 aromatic rings. The number of rotatable bonds is 3. The Morgan fingerprint density at radius 1 is 1.27 bits per heavy atom. The van der Waals surface area contributed by atoms with E-state index in [0.29, 0.717) is 6.61 Å². The fourth-order valence-electron chi connectivity index (χ4n) is 1.91. The van der Waals surface area contributed by atoms with Crippen molar-refractivity contribution in [3.8, 4) is 0 Å². The molecule has 0 aromatic heterocycles. The van der Waals surface area contributed by atoms with E-state index >= 15 is 0 Å². The molecule has 2 nitrogen and oxygen atoms in total. The van der Waals surface area contributed by atoms with Gasteiger partial charge in [-0.2, -0.15) is 0 Å². The Bertz CT molecular complexity index is 344. The summed E-state index contributed by atoms with van der Waals surface area (Å²) in [6, 6.07) is 4.18. The van der Waals surface area contributed by atoms with Gasteiger partial charge in [-0.3, -0.25) is 4.79 Å². The molecule has 0 fully saturated rings. The highest BCUT2D eigenvalue weighted by atomic mass is 16.5. The van der Waals surface area contributed by atoms with Crippen LogP contribution in [-0.4, -0.2) is 5.97 Å². The van der Waals surface area contributed by atoms with Crippen molar-refractivity contribution >= 4 is 5.97 Å². The molecule has 0 aliphatic carbocycles. The van der Waals surface area contributed by atoms with E-state index in [-0.39, 0.29) is 5.97 Å². The first-order valence-electron chi connectivity index (χ1n) is 5.27. The van der Waals surface area contributed by atoms with Crippen molar-refractivity contribution in [2.75, 3.05) is 0 Å². The SMILES string of the molecule is CCc1c(C)cc(COC(C)=O)cc1C. The zero-order chi connectivity index (χ0) is 11.4. The molecule has 0 saturated carbocycles. The molecular weight excluding hydrogens is 188 g/mol. The van der Waals surface area contributed by atoms with Crippen molar-refractivity contribution in [2.24, 2.45) is 0 Å². The molecule has 0 unspecified atom stereocenters. The molecule has 1 aromatic carbocycles. The summed E-state index contributed by atoms with van der Waals surface area (Å²) in [5.41, 5.74) is 5.01. The summed E-state index contributed by atoms with van der Waals surface area (Å²) in [6.45, 7) is 8.16. The topological polar surface area (TPSA) is 26.3 Å². The molecule has 0 bridgehead atoms. The third-order valence-corrected chi connectivity index (χ3v) is 2.55. The van der Waals surface area contributed by atoms with Gasteiger partial charge in [0.25, 0.3) is 0 Å². The van der Waals surface area contributed by atoms with E-state index in [1.165, 1.54) is 23.6 Å². The molecule has 1 rings (SSSR count). The highest BCUT2D eigenvalue weighted by molar-refractivity contribution is 5.65. The van der Waals surface area contributed by atoms with Crippen LogP contribution in [0.4, 0.5) is 0 Å². The first kappa shape index (κ1) is 11.8. The Balaban J connectivity index is 2.88. The van der Waals surface area contributed by atoms with Crippen LogP contribution >= 0.6 is 0 Å². The number of hydrogen-bond donors (Lipinski definition) is 0. The van der Waals surface area contributed by atoms with Gasteiger partial charge in [0.05, 0.1) is 0 Å². The van der Waals surface area contributed by atoms with Gasteiger partial charge in [0.1, 0.15) is 6.61 Å². The minimum atomic E-state index is -0.232. The summed E-state index contributed by atoms with van der Waals surface area (Å²) in [5, 5.41) is 0. The van der Waals surface area contributed by atoms with Crippen LogP contribution in [0.3, 0.4) is 0 Å². The molecule has 0 aliphatic rings. The minimum absolute atomic E-state index is 0.232. The second-order valence-corrected chi connectivity index (χ2v) is 3.84. The van der Waals surface area contributed by atoms with Crippen LogP contribution in [0.15, 0.2) is 12.1 Å². The van der Waals surface area contributed by atoms with E-state index in [1.54, 1.807) is 0 Å².